The molecule has 2 aromatic carbocycles. The van der Waals surface area contributed by atoms with Crippen molar-refractivity contribution in [2.24, 2.45) is 0 Å². The van der Waals surface area contributed by atoms with Gasteiger partial charge in [0.2, 0.25) is 0 Å². The lowest BCUT2D eigenvalue weighted by Gasteiger charge is -2.18. The molecule has 0 spiro atoms. The average molecular weight is 372 g/mol. The highest BCUT2D eigenvalue weighted by molar-refractivity contribution is 5.99. The monoisotopic (exact) mass is 372 g/mol. The van der Waals surface area contributed by atoms with E-state index in [9.17, 15) is 0 Å². The van der Waals surface area contributed by atoms with E-state index in [-0.39, 0.29) is 0 Å². The third-order valence-electron chi connectivity index (χ3n) is 4.93. The molecule has 4 rings (SSSR count). The van der Waals surface area contributed by atoms with Gasteiger partial charge >= 0.3 is 0 Å². The predicted molar refractivity (Wildman–Crippen MR) is 113 cm³/mol. The van der Waals surface area contributed by atoms with Gasteiger partial charge in [0.05, 0.1) is 11.1 Å². The van der Waals surface area contributed by atoms with Crippen molar-refractivity contribution in [2.75, 3.05) is 18.4 Å². The van der Waals surface area contributed by atoms with E-state index in [2.05, 4.69) is 68.5 Å². The Morgan fingerprint density at radius 1 is 0.929 bits per heavy atom. The molecule has 0 aliphatic rings. The van der Waals surface area contributed by atoms with E-state index in [1.807, 2.05) is 30.3 Å². The first kappa shape index (κ1) is 18.1. The average Bonchev–Trinajstić information content (AvgIpc) is 3.19. The van der Waals surface area contributed by atoms with Crippen LogP contribution in [-0.4, -0.2) is 38.2 Å². The van der Waals surface area contributed by atoms with Gasteiger partial charge in [-0.2, -0.15) is 5.10 Å². The summed E-state index contributed by atoms with van der Waals surface area (Å²) in [5.41, 5.74) is 4.91. The molecule has 0 aliphatic carbocycles. The number of aromatic nitrogens is 4. The predicted octanol–water partition coefficient (Wildman–Crippen LogP) is 4.61. The molecule has 28 heavy (non-hydrogen) atoms. The van der Waals surface area contributed by atoms with Crippen LogP contribution in [0.5, 0.6) is 0 Å². The summed E-state index contributed by atoms with van der Waals surface area (Å²) in [6.07, 6.45) is 1.54. The number of rotatable bonds is 7. The molecule has 0 saturated carbocycles. The Kier molecular flexibility index (Phi) is 5.30. The molecule has 6 heteroatoms. The Morgan fingerprint density at radius 3 is 2.39 bits per heavy atom. The van der Waals surface area contributed by atoms with Crippen molar-refractivity contribution in [3.8, 4) is 11.3 Å². The summed E-state index contributed by atoms with van der Waals surface area (Å²) < 4.78 is 0. The number of anilines is 2. The van der Waals surface area contributed by atoms with Crippen LogP contribution >= 0.6 is 0 Å². The van der Waals surface area contributed by atoms with Crippen LogP contribution in [-0.2, 0) is 6.54 Å². The molecule has 6 nitrogen and oxygen atoms in total. The van der Waals surface area contributed by atoms with Crippen LogP contribution in [0, 0.1) is 0 Å². The summed E-state index contributed by atoms with van der Waals surface area (Å²) in [6.45, 7) is 7.45. The first-order valence-electron chi connectivity index (χ1n) is 9.61. The van der Waals surface area contributed by atoms with Gasteiger partial charge in [-0.05, 0) is 30.8 Å². The van der Waals surface area contributed by atoms with Crippen molar-refractivity contribution in [1.29, 1.82) is 0 Å². The SMILES string of the molecule is CCN(CC)Cc1ccc(Nc2ncnc3n[nH]c(-c4ccccc4)c23)cc1. The number of nitrogens with one attached hydrogen (secondary N) is 2. The molecule has 0 amide bonds. The van der Waals surface area contributed by atoms with Gasteiger partial charge in [0.15, 0.2) is 5.65 Å². The largest absolute Gasteiger partial charge is 0.339 e. The third-order valence-corrected chi connectivity index (χ3v) is 4.93. The fraction of sp³-hybridized carbons (Fsp3) is 0.227. The van der Waals surface area contributed by atoms with Crippen LogP contribution in [0.4, 0.5) is 11.5 Å². The first-order chi connectivity index (χ1) is 13.8. The summed E-state index contributed by atoms with van der Waals surface area (Å²) in [5.74, 6) is 0.745. The standard InChI is InChI=1S/C22H24N6/c1-3-28(4-2)14-16-10-12-18(13-11-16)25-21-19-20(17-8-6-5-7-9-17)26-27-22(19)24-15-23-21/h5-13,15H,3-4,14H2,1-2H3,(H2,23,24,25,26,27). The number of fused-ring (bicyclic) bond motifs is 1. The Hall–Kier alpha value is -3.25. The number of aromatic amines is 1. The minimum Gasteiger partial charge on any atom is -0.339 e. The van der Waals surface area contributed by atoms with Gasteiger partial charge in [-0.15, -0.1) is 0 Å². The molecule has 4 aromatic rings. The molecule has 0 unspecified atom stereocenters. The van der Waals surface area contributed by atoms with Crippen molar-refractivity contribution < 1.29 is 0 Å². The minimum atomic E-state index is 0.648. The van der Waals surface area contributed by atoms with Gasteiger partial charge < -0.3 is 5.32 Å². The summed E-state index contributed by atoms with van der Waals surface area (Å²) >= 11 is 0. The number of hydrogen-bond acceptors (Lipinski definition) is 5. The van der Waals surface area contributed by atoms with Gasteiger partial charge in [0, 0.05) is 17.8 Å². The lowest BCUT2D eigenvalue weighted by molar-refractivity contribution is 0.296. The summed E-state index contributed by atoms with van der Waals surface area (Å²) in [6, 6.07) is 18.6. The molecule has 142 valence electrons. The van der Waals surface area contributed by atoms with Crippen molar-refractivity contribution >= 4 is 22.5 Å². The Balaban J connectivity index is 1.62. The van der Waals surface area contributed by atoms with E-state index >= 15 is 0 Å². The highest BCUT2D eigenvalue weighted by Gasteiger charge is 2.14. The molecule has 0 aliphatic heterocycles. The zero-order valence-corrected chi connectivity index (χ0v) is 16.2. The molecular weight excluding hydrogens is 348 g/mol. The van der Waals surface area contributed by atoms with Crippen molar-refractivity contribution in [2.45, 2.75) is 20.4 Å². The molecule has 0 saturated heterocycles. The molecule has 0 fully saturated rings. The summed E-state index contributed by atoms with van der Waals surface area (Å²) in [4.78, 5) is 11.2. The van der Waals surface area contributed by atoms with Gasteiger partial charge in [0.1, 0.15) is 12.1 Å². The normalized spacial score (nSPS) is 11.2. The maximum Gasteiger partial charge on any atom is 0.186 e. The highest BCUT2D eigenvalue weighted by atomic mass is 15.2. The molecule has 0 bridgehead atoms. The second-order valence-corrected chi connectivity index (χ2v) is 6.67. The van der Waals surface area contributed by atoms with Crippen LogP contribution in [0.15, 0.2) is 60.9 Å². The van der Waals surface area contributed by atoms with E-state index in [0.717, 1.165) is 47.8 Å². The molecular formula is C22H24N6. The van der Waals surface area contributed by atoms with Crippen molar-refractivity contribution in [1.82, 2.24) is 25.1 Å². The second-order valence-electron chi connectivity index (χ2n) is 6.67. The lowest BCUT2D eigenvalue weighted by Crippen LogP contribution is -2.21. The Labute approximate surface area is 164 Å². The zero-order valence-electron chi connectivity index (χ0n) is 16.2. The topological polar surface area (TPSA) is 69.7 Å². The van der Waals surface area contributed by atoms with Gasteiger partial charge in [-0.3, -0.25) is 10.00 Å². The fourth-order valence-electron chi connectivity index (χ4n) is 3.30. The Morgan fingerprint density at radius 2 is 1.68 bits per heavy atom. The molecule has 2 aromatic heterocycles. The quantitative estimate of drug-likeness (QED) is 0.496. The van der Waals surface area contributed by atoms with Gasteiger partial charge in [-0.25, -0.2) is 9.97 Å². The number of nitrogens with zero attached hydrogens (tertiary/aromatic N) is 4. The maximum absolute atomic E-state index is 4.47. The number of hydrogen-bond donors (Lipinski definition) is 2. The minimum absolute atomic E-state index is 0.648. The lowest BCUT2D eigenvalue weighted by atomic mass is 10.1. The number of benzene rings is 2. The second kappa shape index (κ2) is 8.19. The van der Waals surface area contributed by atoms with E-state index in [4.69, 9.17) is 0 Å². The van der Waals surface area contributed by atoms with Gasteiger partial charge in [-0.1, -0.05) is 56.3 Å². The van der Waals surface area contributed by atoms with Crippen LogP contribution in [0.2, 0.25) is 0 Å². The number of H-pyrrole nitrogens is 1. The molecule has 0 atom stereocenters. The van der Waals surface area contributed by atoms with Crippen molar-refractivity contribution in [3.63, 3.8) is 0 Å². The summed E-state index contributed by atoms with van der Waals surface area (Å²) in [5, 5.41) is 11.8. The van der Waals surface area contributed by atoms with Gasteiger partial charge in [0.25, 0.3) is 0 Å². The van der Waals surface area contributed by atoms with Crippen LogP contribution in [0.25, 0.3) is 22.3 Å². The first-order valence-corrected chi connectivity index (χ1v) is 9.61. The molecule has 2 heterocycles. The van der Waals surface area contributed by atoms with Crippen molar-refractivity contribution in [3.05, 3.63) is 66.5 Å². The van der Waals surface area contributed by atoms with E-state index in [0.29, 0.717) is 5.65 Å². The summed E-state index contributed by atoms with van der Waals surface area (Å²) in [7, 11) is 0. The fourth-order valence-corrected chi connectivity index (χ4v) is 3.30. The zero-order chi connectivity index (χ0) is 19.3. The van der Waals surface area contributed by atoms with Crippen LogP contribution in [0.1, 0.15) is 19.4 Å². The van der Waals surface area contributed by atoms with E-state index in [1.54, 1.807) is 0 Å². The smallest absolute Gasteiger partial charge is 0.186 e. The van der Waals surface area contributed by atoms with E-state index in [1.165, 1.54) is 11.9 Å². The van der Waals surface area contributed by atoms with Crippen LogP contribution < -0.4 is 5.32 Å². The van der Waals surface area contributed by atoms with Crippen LogP contribution in [0.3, 0.4) is 0 Å². The third kappa shape index (κ3) is 3.73. The highest BCUT2D eigenvalue weighted by Crippen LogP contribution is 2.31. The Bertz CT molecular complexity index is 1040. The molecule has 2 N–H and O–H groups in total. The molecule has 0 radical (unpaired) electrons. The van der Waals surface area contributed by atoms with E-state index < -0.39 is 0 Å². The maximum atomic E-state index is 4.47.